The molecule has 2 amide bonds. The summed E-state index contributed by atoms with van der Waals surface area (Å²) in [6.45, 7) is 8.87. The second-order valence-corrected chi connectivity index (χ2v) is 11.5. The molecule has 0 spiro atoms. The molecule has 3 aromatic rings. The van der Waals surface area contributed by atoms with Crippen LogP contribution in [-0.2, 0) is 28.0 Å². The van der Waals surface area contributed by atoms with Gasteiger partial charge in [0.2, 0.25) is 5.91 Å². The number of benzene rings is 3. The van der Waals surface area contributed by atoms with Crippen molar-refractivity contribution < 1.29 is 18.7 Å². The van der Waals surface area contributed by atoms with Crippen LogP contribution < -0.4 is 10.1 Å². The summed E-state index contributed by atoms with van der Waals surface area (Å²) >= 11 is 3.57. The third kappa shape index (κ3) is 9.20. The fourth-order valence-electron chi connectivity index (χ4n) is 4.15. The van der Waals surface area contributed by atoms with Gasteiger partial charge in [0.15, 0.2) is 6.61 Å². The largest absolute Gasteiger partial charge is 0.483 e. The lowest BCUT2D eigenvalue weighted by Gasteiger charge is -2.31. The molecule has 0 heterocycles. The van der Waals surface area contributed by atoms with Crippen molar-refractivity contribution in [2.75, 3.05) is 13.2 Å². The van der Waals surface area contributed by atoms with E-state index >= 15 is 0 Å². The van der Waals surface area contributed by atoms with E-state index < -0.39 is 6.04 Å². The van der Waals surface area contributed by atoms with Crippen LogP contribution in [-0.4, -0.2) is 35.9 Å². The molecule has 1 N–H and O–H groups in total. The first-order chi connectivity index (χ1) is 18.6. The summed E-state index contributed by atoms with van der Waals surface area (Å²) in [7, 11) is 0. The van der Waals surface area contributed by atoms with Crippen molar-refractivity contribution in [1.82, 2.24) is 10.2 Å². The van der Waals surface area contributed by atoms with Gasteiger partial charge in [0.25, 0.3) is 5.91 Å². The van der Waals surface area contributed by atoms with Crippen LogP contribution in [0.5, 0.6) is 5.75 Å². The summed E-state index contributed by atoms with van der Waals surface area (Å²) in [5, 5.41) is 3.00. The maximum atomic E-state index is 13.7. The molecule has 7 heteroatoms. The lowest BCUT2D eigenvalue weighted by atomic mass is 9.87. The van der Waals surface area contributed by atoms with Gasteiger partial charge in [-0.1, -0.05) is 82.6 Å². The molecule has 208 valence electrons. The Labute approximate surface area is 239 Å². The van der Waals surface area contributed by atoms with Crippen molar-refractivity contribution in [2.24, 2.45) is 0 Å². The fraction of sp³-hybridized carbons (Fsp3) is 0.375. The number of unbranched alkanes of at least 4 members (excludes halogenated alkanes) is 1. The average molecular weight is 598 g/mol. The third-order valence-corrected chi connectivity index (χ3v) is 7.14. The van der Waals surface area contributed by atoms with E-state index in [9.17, 15) is 14.0 Å². The van der Waals surface area contributed by atoms with Gasteiger partial charge < -0.3 is 15.0 Å². The number of rotatable bonds is 12. The summed E-state index contributed by atoms with van der Waals surface area (Å²) in [5.41, 5.74) is 2.77. The number of carbonyl (C=O) groups excluding carboxylic acids is 2. The molecule has 0 aliphatic carbocycles. The standard InChI is InChI=1S/C32H38BrFN2O3/c1-5-6-18-35-31(38)28(19-23-10-8-7-9-11-23)36(21-24-12-15-26(34)16-13-24)30(37)22-39-29-17-14-25(20-27(29)33)32(2,3)4/h7-17,20,28H,5-6,18-19,21-22H2,1-4H3,(H,35,38)/t28-/m0/s1. The molecule has 0 saturated heterocycles. The predicted molar refractivity (Wildman–Crippen MR) is 157 cm³/mol. The van der Waals surface area contributed by atoms with Gasteiger partial charge in [-0.05, 0) is 68.7 Å². The maximum absolute atomic E-state index is 13.7. The molecule has 39 heavy (non-hydrogen) atoms. The van der Waals surface area contributed by atoms with Crippen LogP contribution in [0.15, 0.2) is 77.3 Å². The van der Waals surface area contributed by atoms with Crippen molar-refractivity contribution in [1.29, 1.82) is 0 Å². The molecule has 0 radical (unpaired) electrons. The zero-order valence-electron chi connectivity index (χ0n) is 23.2. The van der Waals surface area contributed by atoms with Crippen LogP contribution in [0.4, 0.5) is 4.39 Å². The molecular formula is C32H38BrFN2O3. The zero-order chi connectivity index (χ0) is 28.4. The molecule has 0 aromatic heterocycles. The van der Waals surface area contributed by atoms with Gasteiger partial charge in [-0.2, -0.15) is 0 Å². The lowest BCUT2D eigenvalue weighted by Crippen LogP contribution is -2.51. The third-order valence-electron chi connectivity index (χ3n) is 6.52. The first kappa shape index (κ1) is 30.4. The summed E-state index contributed by atoms with van der Waals surface area (Å²) < 4.78 is 20.3. The van der Waals surface area contributed by atoms with E-state index in [-0.39, 0.29) is 36.2 Å². The summed E-state index contributed by atoms with van der Waals surface area (Å²) in [6.07, 6.45) is 2.13. The first-order valence-electron chi connectivity index (χ1n) is 13.4. The number of halogens is 2. The predicted octanol–water partition coefficient (Wildman–Crippen LogP) is 6.82. The van der Waals surface area contributed by atoms with E-state index in [0.29, 0.717) is 18.7 Å². The number of hydrogen-bond acceptors (Lipinski definition) is 3. The molecule has 3 rings (SSSR count). The number of nitrogens with zero attached hydrogens (tertiary/aromatic N) is 1. The van der Waals surface area contributed by atoms with Gasteiger partial charge in [-0.15, -0.1) is 0 Å². The molecule has 1 atom stereocenters. The Morgan fingerprint density at radius 3 is 2.31 bits per heavy atom. The minimum Gasteiger partial charge on any atom is -0.483 e. The van der Waals surface area contributed by atoms with Gasteiger partial charge >= 0.3 is 0 Å². The number of nitrogens with one attached hydrogen (secondary N) is 1. The zero-order valence-corrected chi connectivity index (χ0v) is 24.8. The Morgan fingerprint density at radius 2 is 1.69 bits per heavy atom. The number of ether oxygens (including phenoxy) is 1. The SMILES string of the molecule is CCCCNC(=O)[C@H](Cc1ccccc1)N(Cc1ccc(F)cc1)C(=O)COc1ccc(C(C)(C)C)cc1Br. The van der Waals surface area contributed by atoms with Crippen molar-refractivity contribution in [3.63, 3.8) is 0 Å². The van der Waals surface area contributed by atoms with Gasteiger partial charge in [0.05, 0.1) is 4.47 Å². The van der Waals surface area contributed by atoms with Crippen LogP contribution in [0.1, 0.15) is 57.2 Å². The summed E-state index contributed by atoms with van der Waals surface area (Å²) in [6, 6.07) is 20.7. The lowest BCUT2D eigenvalue weighted by molar-refractivity contribution is -0.142. The molecule has 0 fully saturated rings. The van der Waals surface area contributed by atoms with Gasteiger partial charge in [0, 0.05) is 19.5 Å². The monoisotopic (exact) mass is 596 g/mol. The Hall–Kier alpha value is -3.19. The Kier molecular flexibility index (Phi) is 11.1. The van der Waals surface area contributed by atoms with E-state index in [1.165, 1.54) is 12.1 Å². The van der Waals surface area contributed by atoms with Crippen LogP contribution in [0.2, 0.25) is 0 Å². The molecule has 5 nitrogen and oxygen atoms in total. The number of amides is 2. The molecule has 0 saturated carbocycles. The van der Waals surface area contributed by atoms with Crippen LogP contribution in [0.25, 0.3) is 0 Å². The highest BCUT2D eigenvalue weighted by molar-refractivity contribution is 9.10. The van der Waals surface area contributed by atoms with Crippen molar-refractivity contribution in [3.05, 3.63) is 99.8 Å². The molecule has 3 aromatic carbocycles. The quantitative estimate of drug-likeness (QED) is 0.233. The van der Waals surface area contributed by atoms with Crippen molar-refractivity contribution in [3.8, 4) is 5.75 Å². The molecule has 0 aliphatic heterocycles. The highest BCUT2D eigenvalue weighted by Crippen LogP contribution is 2.31. The van der Waals surface area contributed by atoms with E-state index in [2.05, 4.69) is 48.9 Å². The minimum absolute atomic E-state index is 0.0291. The Bertz CT molecular complexity index is 1230. The molecule has 0 bridgehead atoms. The Balaban J connectivity index is 1.88. The van der Waals surface area contributed by atoms with Gasteiger partial charge in [-0.3, -0.25) is 9.59 Å². The van der Waals surface area contributed by atoms with E-state index in [4.69, 9.17) is 4.74 Å². The molecule has 0 unspecified atom stereocenters. The van der Waals surface area contributed by atoms with Crippen molar-refractivity contribution in [2.45, 2.75) is 65.0 Å². The number of hydrogen-bond donors (Lipinski definition) is 1. The minimum atomic E-state index is -0.767. The molecular weight excluding hydrogens is 559 g/mol. The van der Waals surface area contributed by atoms with Crippen LogP contribution in [0, 0.1) is 5.82 Å². The van der Waals surface area contributed by atoms with Crippen LogP contribution >= 0.6 is 15.9 Å². The van der Waals surface area contributed by atoms with Crippen LogP contribution in [0.3, 0.4) is 0 Å². The summed E-state index contributed by atoms with van der Waals surface area (Å²) in [5.74, 6) is -0.372. The van der Waals surface area contributed by atoms with Gasteiger partial charge in [0.1, 0.15) is 17.6 Å². The average Bonchev–Trinajstić information content (AvgIpc) is 2.91. The second-order valence-electron chi connectivity index (χ2n) is 10.7. The highest BCUT2D eigenvalue weighted by atomic mass is 79.9. The van der Waals surface area contributed by atoms with Gasteiger partial charge in [-0.25, -0.2) is 4.39 Å². The highest BCUT2D eigenvalue weighted by Gasteiger charge is 2.30. The first-order valence-corrected chi connectivity index (χ1v) is 14.2. The van der Waals surface area contributed by atoms with Crippen molar-refractivity contribution >= 4 is 27.7 Å². The Morgan fingerprint density at radius 1 is 1.00 bits per heavy atom. The maximum Gasteiger partial charge on any atom is 0.261 e. The second kappa shape index (κ2) is 14.3. The normalized spacial score (nSPS) is 12.1. The summed E-state index contributed by atoms with van der Waals surface area (Å²) in [4.78, 5) is 28.7. The topological polar surface area (TPSA) is 58.6 Å². The fourth-order valence-corrected chi connectivity index (χ4v) is 4.65. The smallest absolute Gasteiger partial charge is 0.261 e. The number of carbonyl (C=O) groups is 2. The van der Waals surface area contributed by atoms with E-state index in [1.54, 1.807) is 17.0 Å². The van der Waals surface area contributed by atoms with E-state index in [0.717, 1.165) is 34.0 Å². The molecule has 0 aliphatic rings. The van der Waals surface area contributed by atoms with E-state index in [1.807, 2.05) is 48.5 Å².